The topological polar surface area (TPSA) is 80.0 Å². The average Bonchev–Trinajstić information content (AvgIpc) is 3.39. The molecule has 140 valence electrons. The van der Waals surface area contributed by atoms with Gasteiger partial charge in [-0.15, -0.1) is 16.4 Å². The lowest BCUT2D eigenvalue weighted by molar-refractivity contribution is -0.128. The van der Waals surface area contributed by atoms with E-state index in [1.54, 1.807) is 22.2 Å². The standard InChI is InChI=1S/C17H19N7OS2/c25-16(23-9-7-22(8-10-23)15-5-1-2-6-18-15)13-27-17-19-20-21-24(17)12-14-4-3-11-26-14/h1-6,11H,7-10,12-13H2. The van der Waals surface area contributed by atoms with Crippen molar-refractivity contribution in [2.75, 3.05) is 36.8 Å². The number of hydrogen-bond donors (Lipinski definition) is 0. The van der Waals surface area contributed by atoms with Gasteiger partial charge in [-0.3, -0.25) is 4.79 Å². The first kappa shape index (κ1) is 17.9. The number of carbonyl (C=O) groups excluding carboxylic acids is 1. The number of anilines is 1. The molecule has 4 rings (SSSR count). The van der Waals surface area contributed by atoms with E-state index < -0.39 is 0 Å². The number of tetrazole rings is 1. The van der Waals surface area contributed by atoms with Crippen LogP contribution >= 0.6 is 23.1 Å². The van der Waals surface area contributed by atoms with Crippen LogP contribution in [0.4, 0.5) is 5.82 Å². The number of aromatic nitrogens is 5. The van der Waals surface area contributed by atoms with Crippen molar-refractivity contribution in [3.63, 3.8) is 0 Å². The van der Waals surface area contributed by atoms with E-state index in [2.05, 4.69) is 25.4 Å². The molecule has 1 aliphatic heterocycles. The summed E-state index contributed by atoms with van der Waals surface area (Å²) in [5.74, 6) is 1.42. The van der Waals surface area contributed by atoms with E-state index in [0.29, 0.717) is 30.5 Å². The van der Waals surface area contributed by atoms with Gasteiger partial charge in [0.05, 0.1) is 12.3 Å². The van der Waals surface area contributed by atoms with Crippen LogP contribution in [-0.2, 0) is 11.3 Å². The lowest BCUT2D eigenvalue weighted by atomic mass is 10.3. The summed E-state index contributed by atoms with van der Waals surface area (Å²) in [6, 6.07) is 9.95. The number of hydrogen-bond acceptors (Lipinski definition) is 8. The zero-order chi connectivity index (χ0) is 18.5. The quantitative estimate of drug-likeness (QED) is 0.581. The molecule has 10 heteroatoms. The lowest BCUT2D eigenvalue weighted by Crippen LogP contribution is -2.49. The second kappa shape index (κ2) is 8.49. The third-order valence-electron chi connectivity index (χ3n) is 4.32. The lowest BCUT2D eigenvalue weighted by Gasteiger charge is -2.35. The Morgan fingerprint density at radius 1 is 1.15 bits per heavy atom. The molecule has 1 fully saturated rings. The summed E-state index contributed by atoms with van der Waals surface area (Å²) in [4.78, 5) is 22.2. The van der Waals surface area contributed by atoms with Crippen LogP contribution < -0.4 is 4.90 Å². The summed E-state index contributed by atoms with van der Waals surface area (Å²) in [7, 11) is 0. The first-order chi connectivity index (χ1) is 13.3. The maximum atomic E-state index is 12.6. The summed E-state index contributed by atoms with van der Waals surface area (Å²) in [6.07, 6.45) is 1.80. The Morgan fingerprint density at radius 3 is 2.78 bits per heavy atom. The Hall–Kier alpha value is -2.46. The zero-order valence-electron chi connectivity index (χ0n) is 14.6. The number of carbonyl (C=O) groups is 1. The molecule has 27 heavy (non-hydrogen) atoms. The molecule has 8 nitrogen and oxygen atoms in total. The Labute approximate surface area is 165 Å². The molecule has 1 saturated heterocycles. The van der Waals surface area contributed by atoms with Gasteiger partial charge < -0.3 is 9.80 Å². The normalized spacial score (nSPS) is 14.5. The highest BCUT2D eigenvalue weighted by Crippen LogP contribution is 2.19. The molecule has 0 radical (unpaired) electrons. The first-order valence-corrected chi connectivity index (χ1v) is 10.5. The van der Waals surface area contributed by atoms with Gasteiger partial charge in [0.25, 0.3) is 0 Å². The predicted octanol–water partition coefficient (Wildman–Crippen LogP) is 1.62. The molecule has 4 heterocycles. The van der Waals surface area contributed by atoms with E-state index in [1.165, 1.54) is 16.6 Å². The summed E-state index contributed by atoms with van der Waals surface area (Å²) in [6.45, 7) is 3.63. The maximum Gasteiger partial charge on any atom is 0.233 e. The monoisotopic (exact) mass is 401 g/mol. The van der Waals surface area contributed by atoms with Crippen LogP contribution in [0.25, 0.3) is 0 Å². The van der Waals surface area contributed by atoms with Crippen molar-refractivity contribution in [2.24, 2.45) is 0 Å². The van der Waals surface area contributed by atoms with Crippen LogP contribution in [0.5, 0.6) is 0 Å². The fraction of sp³-hybridized carbons (Fsp3) is 0.353. The van der Waals surface area contributed by atoms with E-state index in [1.807, 2.05) is 40.6 Å². The van der Waals surface area contributed by atoms with Crippen LogP contribution in [-0.4, -0.2) is 67.9 Å². The fourth-order valence-electron chi connectivity index (χ4n) is 2.89. The highest BCUT2D eigenvalue weighted by atomic mass is 32.2. The molecule has 1 aliphatic rings. The highest BCUT2D eigenvalue weighted by Gasteiger charge is 2.22. The van der Waals surface area contributed by atoms with Crippen molar-refractivity contribution in [3.8, 4) is 0 Å². The zero-order valence-corrected chi connectivity index (χ0v) is 16.3. The molecular weight excluding hydrogens is 382 g/mol. The summed E-state index contributed by atoms with van der Waals surface area (Å²) >= 11 is 3.05. The molecule has 0 N–H and O–H groups in total. The van der Waals surface area contributed by atoms with Crippen molar-refractivity contribution >= 4 is 34.8 Å². The molecule has 0 bridgehead atoms. The maximum absolute atomic E-state index is 12.6. The number of thiophene rings is 1. The number of rotatable bonds is 6. The van der Waals surface area contributed by atoms with Gasteiger partial charge in [-0.2, -0.15) is 0 Å². The molecule has 0 spiro atoms. The largest absolute Gasteiger partial charge is 0.353 e. The van der Waals surface area contributed by atoms with Crippen molar-refractivity contribution in [1.29, 1.82) is 0 Å². The molecule has 0 unspecified atom stereocenters. The Morgan fingerprint density at radius 2 is 2.04 bits per heavy atom. The van der Waals surface area contributed by atoms with Crippen molar-refractivity contribution < 1.29 is 4.79 Å². The fourth-order valence-corrected chi connectivity index (χ4v) is 4.36. The van der Waals surface area contributed by atoms with E-state index in [4.69, 9.17) is 0 Å². The van der Waals surface area contributed by atoms with Gasteiger partial charge in [0.15, 0.2) is 0 Å². The minimum Gasteiger partial charge on any atom is -0.353 e. The number of pyridine rings is 1. The third-order valence-corrected chi connectivity index (χ3v) is 6.12. The molecule has 0 aromatic carbocycles. The number of thioether (sulfide) groups is 1. The van der Waals surface area contributed by atoms with Crippen LogP contribution in [0, 0.1) is 0 Å². The van der Waals surface area contributed by atoms with Gasteiger partial charge in [-0.1, -0.05) is 23.9 Å². The Kier molecular flexibility index (Phi) is 5.64. The van der Waals surface area contributed by atoms with Gasteiger partial charge in [0.1, 0.15) is 5.82 Å². The van der Waals surface area contributed by atoms with Crippen molar-refractivity contribution in [3.05, 3.63) is 46.8 Å². The van der Waals surface area contributed by atoms with Gasteiger partial charge in [0.2, 0.25) is 11.1 Å². The second-order valence-corrected chi connectivity index (χ2v) is 8.02. The Bertz CT molecular complexity index is 861. The molecule has 0 saturated carbocycles. The van der Waals surface area contributed by atoms with Crippen molar-refractivity contribution in [1.82, 2.24) is 30.1 Å². The number of piperazine rings is 1. The van der Waals surface area contributed by atoms with Gasteiger partial charge in [-0.05, 0) is 34.0 Å². The van der Waals surface area contributed by atoms with Crippen LogP contribution in [0.2, 0.25) is 0 Å². The Balaban J connectivity index is 1.28. The molecule has 3 aromatic heterocycles. The molecule has 1 amide bonds. The minimum absolute atomic E-state index is 0.117. The van der Waals surface area contributed by atoms with E-state index in [9.17, 15) is 4.79 Å². The second-order valence-electron chi connectivity index (χ2n) is 6.04. The smallest absolute Gasteiger partial charge is 0.233 e. The predicted molar refractivity (Wildman–Crippen MR) is 105 cm³/mol. The summed E-state index contributed by atoms with van der Waals surface area (Å²) < 4.78 is 1.74. The van der Waals surface area contributed by atoms with Gasteiger partial charge in [0, 0.05) is 37.3 Å². The first-order valence-electron chi connectivity index (χ1n) is 8.65. The van der Waals surface area contributed by atoms with Crippen molar-refractivity contribution in [2.45, 2.75) is 11.7 Å². The molecule has 3 aromatic rings. The van der Waals surface area contributed by atoms with E-state index in [-0.39, 0.29) is 5.91 Å². The van der Waals surface area contributed by atoms with E-state index in [0.717, 1.165) is 18.9 Å². The van der Waals surface area contributed by atoms with E-state index >= 15 is 0 Å². The SMILES string of the molecule is O=C(CSc1nnnn1Cc1cccs1)N1CCN(c2ccccn2)CC1. The van der Waals surface area contributed by atoms with Crippen LogP contribution in [0.3, 0.4) is 0 Å². The molecule has 0 atom stereocenters. The summed E-state index contributed by atoms with van der Waals surface area (Å²) in [5.41, 5.74) is 0. The molecular formula is C17H19N7OS2. The van der Waals surface area contributed by atoms with Crippen LogP contribution in [0.1, 0.15) is 4.88 Å². The summed E-state index contributed by atoms with van der Waals surface area (Å²) in [5, 5.41) is 14.5. The minimum atomic E-state index is 0.117. The third kappa shape index (κ3) is 4.45. The van der Waals surface area contributed by atoms with Gasteiger partial charge >= 0.3 is 0 Å². The highest BCUT2D eigenvalue weighted by molar-refractivity contribution is 7.99. The molecule has 0 aliphatic carbocycles. The number of amides is 1. The average molecular weight is 402 g/mol. The van der Waals surface area contributed by atoms with Gasteiger partial charge in [-0.25, -0.2) is 9.67 Å². The van der Waals surface area contributed by atoms with Crippen LogP contribution in [0.15, 0.2) is 47.1 Å². The number of nitrogens with zero attached hydrogens (tertiary/aromatic N) is 7.